The molecule has 1 saturated carbocycles. The minimum Gasteiger partial charge on any atom is -0.466 e. The van der Waals surface area contributed by atoms with Crippen molar-refractivity contribution in [2.45, 2.75) is 51.3 Å². The molecule has 106 valence electrons. The van der Waals surface area contributed by atoms with Crippen LogP contribution in [0.25, 0.3) is 0 Å². The van der Waals surface area contributed by atoms with Crippen molar-refractivity contribution in [3.63, 3.8) is 0 Å². The van der Waals surface area contributed by atoms with E-state index in [1.165, 1.54) is 6.92 Å². The number of rotatable bonds is 4. The topological polar surface area (TPSA) is 46.5 Å². The van der Waals surface area contributed by atoms with E-state index < -0.39 is 12.3 Å². The van der Waals surface area contributed by atoms with Gasteiger partial charge < -0.3 is 9.84 Å². The number of alkyl halides is 3. The van der Waals surface area contributed by atoms with Crippen LogP contribution in [0, 0.1) is 11.8 Å². The summed E-state index contributed by atoms with van der Waals surface area (Å²) >= 11 is 0. The number of aliphatic hydroxyl groups is 1. The SMILES string of the molecule is CC(=O)OCC1CCCC(CC(O)C(F)(F)F)C1. The van der Waals surface area contributed by atoms with Crippen LogP contribution in [-0.4, -0.2) is 30.0 Å². The molecular weight excluding hydrogens is 249 g/mol. The van der Waals surface area contributed by atoms with Gasteiger partial charge in [0.2, 0.25) is 0 Å². The Hall–Kier alpha value is -0.780. The van der Waals surface area contributed by atoms with E-state index in [1.807, 2.05) is 0 Å². The Balaban J connectivity index is 2.37. The molecule has 0 heterocycles. The van der Waals surface area contributed by atoms with E-state index in [4.69, 9.17) is 9.84 Å². The maximum atomic E-state index is 12.2. The molecule has 1 aliphatic carbocycles. The Morgan fingerprint density at radius 3 is 2.56 bits per heavy atom. The fourth-order valence-electron chi connectivity index (χ4n) is 2.45. The van der Waals surface area contributed by atoms with Gasteiger partial charge in [-0.3, -0.25) is 4.79 Å². The van der Waals surface area contributed by atoms with Crippen LogP contribution in [0.3, 0.4) is 0 Å². The molecule has 18 heavy (non-hydrogen) atoms. The predicted octanol–water partition coefficient (Wildman–Crippen LogP) is 2.67. The minimum absolute atomic E-state index is 0.119. The van der Waals surface area contributed by atoms with E-state index in [9.17, 15) is 18.0 Å². The first-order chi connectivity index (χ1) is 8.29. The molecule has 0 bridgehead atoms. The summed E-state index contributed by atoms with van der Waals surface area (Å²) in [7, 11) is 0. The van der Waals surface area contributed by atoms with Gasteiger partial charge in [-0.15, -0.1) is 0 Å². The van der Waals surface area contributed by atoms with Gasteiger partial charge in [-0.05, 0) is 31.1 Å². The van der Waals surface area contributed by atoms with E-state index in [2.05, 4.69) is 0 Å². The van der Waals surface area contributed by atoms with Crippen LogP contribution in [0.2, 0.25) is 0 Å². The number of carbonyl (C=O) groups excluding carboxylic acids is 1. The lowest BCUT2D eigenvalue weighted by Crippen LogP contribution is -2.32. The highest BCUT2D eigenvalue weighted by Crippen LogP contribution is 2.35. The molecule has 6 heteroatoms. The molecular formula is C12H19F3O3. The fourth-order valence-corrected chi connectivity index (χ4v) is 2.45. The Morgan fingerprint density at radius 1 is 1.39 bits per heavy atom. The second kappa shape index (κ2) is 6.41. The predicted molar refractivity (Wildman–Crippen MR) is 58.8 cm³/mol. The largest absolute Gasteiger partial charge is 0.466 e. The zero-order valence-corrected chi connectivity index (χ0v) is 10.4. The average Bonchev–Trinajstić information content (AvgIpc) is 2.25. The van der Waals surface area contributed by atoms with Crippen LogP contribution in [0.15, 0.2) is 0 Å². The number of halogens is 3. The first-order valence-corrected chi connectivity index (χ1v) is 6.17. The van der Waals surface area contributed by atoms with Crippen molar-refractivity contribution in [1.29, 1.82) is 0 Å². The molecule has 0 saturated heterocycles. The van der Waals surface area contributed by atoms with E-state index in [0.29, 0.717) is 12.8 Å². The highest BCUT2D eigenvalue weighted by Gasteiger charge is 2.40. The lowest BCUT2D eigenvalue weighted by Gasteiger charge is -2.30. The Labute approximate surface area is 104 Å². The molecule has 1 N–H and O–H groups in total. The van der Waals surface area contributed by atoms with Gasteiger partial charge >= 0.3 is 12.1 Å². The van der Waals surface area contributed by atoms with Crippen LogP contribution < -0.4 is 0 Å². The van der Waals surface area contributed by atoms with E-state index in [-0.39, 0.29) is 30.8 Å². The maximum absolute atomic E-state index is 12.2. The molecule has 0 aliphatic heterocycles. The monoisotopic (exact) mass is 268 g/mol. The van der Waals surface area contributed by atoms with Crippen molar-refractivity contribution < 1.29 is 27.8 Å². The molecule has 1 fully saturated rings. The third-order valence-electron chi connectivity index (χ3n) is 3.35. The van der Waals surface area contributed by atoms with Crippen molar-refractivity contribution in [3.8, 4) is 0 Å². The van der Waals surface area contributed by atoms with Gasteiger partial charge in [-0.1, -0.05) is 12.8 Å². The molecule has 0 aromatic carbocycles. The number of esters is 1. The molecule has 1 aliphatic rings. The van der Waals surface area contributed by atoms with Crippen molar-refractivity contribution in [1.82, 2.24) is 0 Å². The second-order valence-electron chi connectivity index (χ2n) is 4.99. The number of aliphatic hydroxyl groups excluding tert-OH is 1. The zero-order chi connectivity index (χ0) is 13.8. The summed E-state index contributed by atoms with van der Waals surface area (Å²) < 4.78 is 41.6. The van der Waals surface area contributed by atoms with Crippen LogP contribution in [0.4, 0.5) is 13.2 Å². The summed E-state index contributed by atoms with van der Waals surface area (Å²) in [6.07, 6.45) is -4.06. The Kier molecular flexibility index (Phi) is 5.44. The summed E-state index contributed by atoms with van der Waals surface area (Å²) in [6.45, 7) is 1.58. The van der Waals surface area contributed by atoms with E-state index >= 15 is 0 Å². The first kappa shape index (κ1) is 15.3. The van der Waals surface area contributed by atoms with Gasteiger partial charge in [0, 0.05) is 6.92 Å². The number of hydrogen-bond donors (Lipinski definition) is 1. The smallest absolute Gasteiger partial charge is 0.414 e. The summed E-state index contributed by atoms with van der Waals surface area (Å²) in [5.74, 6) is -0.392. The molecule has 0 aromatic heterocycles. The molecule has 3 atom stereocenters. The van der Waals surface area contributed by atoms with Gasteiger partial charge in [0.15, 0.2) is 0 Å². The Morgan fingerprint density at radius 2 is 2.00 bits per heavy atom. The molecule has 3 unspecified atom stereocenters. The van der Waals surface area contributed by atoms with Gasteiger partial charge in [-0.25, -0.2) is 0 Å². The molecule has 1 rings (SSSR count). The number of ether oxygens (including phenoxy) is 1. The maximum Gasteiger partial charge on any atom is 0.414 e. The number of hydrogen-bond acceptors (Lipinski definition) is 3. The van der Waals surface area contributed by atoms with Gasteiger partial charge in [-0.2, -0.15) is 13.2 Å². The third kappa shape index (κ3) is 5.25. The minimum atomic E-state index is -4.54. The van der Waals surface area contributed by atoms with Crippen molar-refractivity contribution >= 4 is 5.97 Å². The molecule has 0 spiro atoms. The van der Waals surface area contributed by atoms with Crippen molar-refractivity contribution in [3.05, 3.63) is 0 Å². The van der Waals surface area contributed by atoms with Crippen LogP contribution in [0.5, 0.6) is 0 Å². The van der Waals surface area contributed by atoms with Gasteiger partial charge in [0.05, 0.1) is 6.61 Å². The first-order valence-electron chi connectivity index (χ1n) is 6.17. The van der Waals surface area contributed by atoms with Gasteiger partial charge in [0.25, 0.3) is 0 Å². The lowest BCUT2D eigenvalue weighted by molar-refractivity contribution is -0.209. The molecule has 0 radical (unpaired) electrons. The average molecular weight is 268 g/mol. The standard InChI is InChI=1S/C12H19F3O3/c1-8(16)18-7-10-4-2-3-9(5-10)6-11(17)12(13,14)15/h9-11,17H,2-7H2,1H3. The fraction of sp³-hybridized carbons (Fsp3) is 0.917. The molecule has 3 nitrogen and oxygen atoms in total. The van der Waals surface area contributed by atoms with Crippen molar-refractivity contribution in [2.24, 2.45) is 11.8 Å². The Bertz CT molecular complexity index is 278. The summed E-state index contributed by atoms with van der Waals surface area (Å²) in [6, 6.07) is 0. The molecule has 0 amide bonds. The summed E-state index contributed by atoms with van der Waals surface area (Å²) in [4.78, 5) is 10.7. The zero-order valence-electron chi connectivity index (χ0n) is 10.4. The van der Waals surface area contributed by atoms with Crippen LogP contribution in [-0.2, 0) is 9.53 Å². The quantitative estimate of drug-likeness (QED) is 0.797. The normalized spacial score (nSPS) is 26.7. The van der Waals surface area contributed by atoms with E-state index in [0.717, 1.165) is 12.8 Å². The third-order valence-corrected chi connectivity index (χ3v) is 3.35. The molecule has 0 aromatic rings. The lowest BCUT2D eigenvalue weighted by atomic mass is 9.79. The van der Waals surface area contributed by atoms with Crippen LogP contribution in [0.1, 0.15) is 39.0 Å². The highest BCUT2D eigenvalue weighted by atomic mass is 19.4. The second-order valence-corrected chi connectivity index (χ2v) is 4.99. The van der Waals surface area contributed by atoms with Crippen molar-refractivity contribution in [2.75, 3.05) is 6.61 Å². The summed E-state index contributed by atoms with van der Waals surface area (Å²) in [5.41, 5.74) is 0. The van der Waals surface area contributed by atoms with E-state index in [1.54, 1.807) is 0 Å². The van der Waals surface area contributed by atoms with Gasteiger partial charge in [0.1, 0.15) is 6.10 Å². The number of carbonyl (C=O) groups is 1. The van der Waals surface area contributed by atoms with Crippen LogP contribution >= 0.6 is 0 Å². The highest BCUT2D eigenvalue weighted by molar-refractivity contribution is 5.65. The summed E-state index contributed by atoms with van der Waals surface area (Å²) in [5, 5.41) is 9.03.